The molecule has 0 radical (unpaired) electrons. The third-order valence-electron chi connectivity index (χ3n) is 3.63. The predicted octanol–water partition coefficient (Wildman–Crippen LogP) is 3.37. The van der Waals surface area contributed by atoms with Gasteiger partial charge in [-0.05, 0) is 34.2 Å². The highest BCUT2D eigenvalue weighted by molar-refractivity contribution is 5.70. The first-order valence-electron chi connectivity index (χ1n) is 7.24. The number of fused-ring (bicyclic) bond motifs is 1. The molecule has 0 N–H and O–H groups in total. The molecule has 0 unspecified atom stereocenters. The summed E-state index contributed by atoms with van der Waals surface area (Å²) >= 11 is 0. The van der Waals surface area contributed by atoms with Crippen molar-refractivity contribution < 1.29 is 4.92 Å². The second kappa shape index (κ2) is 5.54. The van der Waals surface area contributed by atoms with E-state index >= 15 is 0 Å². The standard InChI is InChI=1S/C17H11N5O2/c23-22(24)17-13(7-4-10-18-17)15-11-21-16(19-15)9-8-14(20-21)12-5-2-1-3-6-12/h1-11H. The van der Waals surface area contributed by atoms with E-state index in [1.807, 2.05) is 42.5 Å². The van der Waals surface area contributed by atoms with Crippen LogP contribution in [0.5, 0.6) is 0 Å². The van der Waals surface area contributed by atoms with E-state index in [1.165, 1.54) is 6.20 Å². The molecule has 3 heterocycles. The highest BCUT2D eigenvalue weighted by atomic mass is 16.6. The molecule has 0 saturated heterocycles. The maximum absolute atomic E-state index is 11.1. The van der Waals surface area contributed by atoms with Crippen LogP contribution in [0.3, 0.4) is 0 Å². The number of nitro groups is 1. The van der Waals surface area contributed by atoms with Crippen molar-refractivity contribution in [3.63, 3.8) is 0 Å². The van der Waals surface area contributed by atoms with Gasteiger partial charge in [0.2, 0.25) is 0 Å². The van der Waals surface area contributed by atoms with Gasteiger partial charge in [-0.3, -0.25) is 0 Å². The maximum atomic E-state index is 11.1. The van der Waals surface area contributed by atoms with Crippen molar-refractivity contribution in [2.75, 3.05) is 0 Å². The van der Waals surface area contributed by atoms with Crippen molar-refractivity contribution in [2.45, 2.75) is 0 Å². The molecule has 0 bridgehead atoms. The van der Waals surface area contributed by atoms with Crippen molar-refractivity contribution in [2.24, 2.45) is 0 Å². The Hall–Kier alpha value is -3.61. The smallest absolute Gasteiger partial charge is 0.358 e. The van der Waals surface area contributed by atoms with Crippen LogP contribution in [-0.2, 0) is 0 Å². The Balaban J connectivity index is 1.84. The zero-order valence-corrected chi connectivity index (χ0v) is 12.4. The van der Waals surface area contributed by atoms with Gasteiger partial charge in [0.05, 0.1) is 23.1 Å². The molecule has 0 saturated carbocycles. The molecule has 24 heavy (non-hydrogen) atoms. The Morgan fingerprint density at radius 1 is 0.958 bits per heavy atom. The zero-order chi connectivity index (χ0) is 16.5. The van der Waals surface area contributed by atoms with Crippen molar-refractivity contribution in [3.8, 4) is 22.5 Å². The largest absolute Gasteiger partial charge is 0.372 e. The Kier molecular flexibility index (Phi) is 3.24. The highest BCUT2D eigenvalue weighted by Gasteiger charge is 2.18. The van der Waals surface area contributed by atoms with Crippen LogP contribution in [0, 0.1) is 10.1 Å². The first-order valence-corrected chi connectivity index (χ1v) is 7.24. The molecule has 0 aliphatic carbocycles. The van der Waals surface area contributed by atoms with Crippen LogP contribution < -0.4 is 0 Å². The van der Waals surface area contributed by atoms with Crippen molar-refractivity contribution >= 4 is 11.5 Å². The van der Waals surface area contributed by atoms with Crippen LogP contribution in [-0.4, -0.2) is 24.5 Å². The third-order valence-corrected chi connectivity index (χ3v) is 3.63. The van der Waals surface area contributed by atoms with Gasteiger partial charge in [0.25, 0.3) is 0 Å². The summed E-state index contributed by atoms with van der Waals surface area (Å²) in [7, 11) is 0. The van der Waals surface area contributed by atoms with Gasteiger partial charge in [0.1, 0.15) is 6.20 Å². The lowest BCUT2D eigenvalue weighted by Gasteiger charge is -2.00. The SMILES string of the molecule is O=[N+]([O-])c1ncccc1-c1cn2nc(-c3ccccc3)ccc2n1. The predicted molar refractivity (Wildman–Crippen MR) is 88.3 cm³/mol. The fourth-order valence-electron chi connectivity index (χ4n) is 2.52. The quantitative estimate of drug-likeness (QED) is 0.427. The van der Waals surface area contributed by atoms with E-state index in [0.29, 0.717) is 16.9 Å². The van der Waals surface area contributed by atoms with Gasteiger partial charge in [-0.1, -0.05) is 30.3 Å². The second-order valence-electron chi connectivity index (χ2n) is 5.15. The Morgan fingerprint density at radius 3 is 2.58 bits per heavy atom. The molecule has 7 nitrogen and oxygen atoms in total. The monoisotopic (exact) mass is 317 g/mol. The summed E-state index contributed by atoms with van der Waals surface area (Å²) in [6, 6.07) is 16.8. The molecule has 0 spiro atoms. The summed E-state index contributed by atoms with van der Waals surface area (Å²) in [5.74, 6) is -0.218. The van der Waals surface area contributed by atoms with E-state index in [9.17, 15) is 10.1 Å². The number of hydrogen-bond donors (Lipinski definition) is 0. The normalized spacial score (nSPS) is 10.8. The number of rotatable bonds is 3. The van der Waals surface area contributed by atoms with E-state index in [4.69, 9.17) is 0 Å². The van der Waals surface area contributed by atoms with E-state index in [1.54, 1.807) is 22.8 Å². The van der Waals surface area contributed by atoms with Crippen LogP contribution in [0.25, 0.3) is 28.2 Å². The van der Waals surface area contributed by atoms with Gasteiger partial charge in [0.15, 0.2) is 5.65 Å². The van der Waals surface area contributed by atoms with Gasteiger partial charge in [-0.2, -0.15) is 5.10 Å². The summed E-state index contributed by atoms with van der Waals surface area (Å²) in [5, 5.41) is 15.7. The second-order valence-corrected chi connectivity index (χ2v) is 5.15. The molecule has 4 aromatic rings. The number of pyridine rings is 1. The first kappa shape index (κ1) is 14.0. The molecule has 1 aromatic carbocycles. The minimum Gasteiger partial charge on any atom is -0.358 e. The molecule has 0 aliphatic heterocycles. The van der Waals surface area contributed by atoms with Gasteiger partial charge in [-0.15, -0.1) is 0 Å². The van der Waals surface area contributed by atoms with E-state index in [-0.39, 0.29) is 5.82 Å². The third kappa shape index (κ3) is 2.38. The molecule has 0 fully saturated rings. The number of benzene rings is 1. The minimum absolute atomic E-state index is 0.218. The van der Waals surface area contributed by atoms with Crippen LogP contribution >= 0.6 is 0 Å². The summed E-state index contributed by atoms with van der Waals surface area (Å²) in [6.45, 7) is 0. The first-order chi connectivity index (χ1) is 11.7. The van der Waals surface area contributed by atoms with Crippen molar-refractivity contribution in [1.82, 2.24) is 19.6 Å². The van der Waals surface area contributed by atoms with E-state index in [0.717, 1.165) is 11.3 Å². The molecule has 0 atom stereocenters. The molecular weight excluding hydrogens is 306 g/mol. The summed E-state index contributed by atoms with van der Waals surface area (Å²) in [5.41, 5.74) is 3.24. The number of nitrogens with zero attached hydrogens (tertiary/aromatic N) is 5. The van der Waals surface area contributed by atoms with Crippen LogP contribution in [0.15, 0.2) is 67.0 Å². The number of aromatic nitrogens is 4. The fraction of sp³-hybridized carbons (Fsp3) is 0. The van der Waals surface area contributed by atoms with Crippen molar-refractivity contribution in [3.05, 3.63) is 77.1 Å². The highest BCUT2D eigenvalue weighted by Crippen LogP contribution is 2.27. The van der Waals surface area contributed by atoms with Crippen LogP contribution in [0.4, 0.5) is 5.82 Å². The number of imidazole rings is 1. The van der Waals surface area contributed by atoms with Crippen molar-refractivity contribution in [1.29, 1.82) is 0 Å². The summed E-state index contributed by atoms with van der Waals surface area (Å²) in [4.78, 5) is 18.9. The Labute approximate surface area is 136 Å². The van der Waals surface area contributed by atoms with E-state index in [2.05, 4.69) is 15.1 Å². The molecular formula is C17H11N5O2. The van der Waals surface area contributed by atoms with Gasteiger partial charge in [-0.25, -0.2) is 9.50 Å². The average molecular weight is 317 g/mol. The van der Waals surface area contributed by atoms with Gasteiger partial charge >= 0.3 is 5.82 Å². The maximum Gasteiger partial charge on any atom is 0.372 e. The van der Waals surface area contributed by atoms with E-state index < -0.39 is 4.92 Å². The molecule has 0 amide bonds. The summed E-state index contributed by atoms with van der Waals surface area (Å²) < 4.78 is 1.62. The summed E-state index contributed by atoms with van der Waals surface area (Å²) in [6.07, 6.45) is 3.06. The lowest BCUT2D eigenvalue weighted by Crippen LogP contribution is -1.94. The Bertz CT molecular complexity index is 1040. The lowest BCUT2D eigenvalue weighted by molar-refractivity contribution is -0.388. The molecule has 0 aliphatic rings. The van der Waals surface area contributed by atoms with Crippen LogP contribution in [0.2, 0.25) is 0 Å². The lowest BCUT2D eigenvalue weighted by atomic mass is 10.1. The molecule has 4 rings (SSSR count). The topological polar surface area (TPSA) is 86.2 Å². The Morgan fingerprint density at radius 2 is 1.79 bits per heavy atom. The van der Waals surface area contributed by atoms with Gasteiger partial charge < -0.3 is 10.1 Å². The minimum atomic E-state index is -0.512. The van der Waals surface area contributed by atoms with Gasteiger partial charge in [0, 0.05) is 5.56 Å². The fourth-order valence-corrected chi connectivity index (χ4v) is 2.52. The van der Waals surface area contributed by atoms with Crippen LogP contribution in [0.1, 0.15) is 0 Å². The zero-order valence-electron chi connectivity index (χ0n) is 12.4. The molecule has 3 aromatic heterocycles. The molecule has 7 heteroatoms. The average Bonchev–Trinajstić information content (AvgIpc) is 3.05. The molecule has 116 valence electrons. The number of hydrogen-bond acceptors (Lipinski definition) is 5.